The number of likely N-dealkylation sites (tertiary alicyclic amines) is 1. The number of carbonyl (C=O) groups is 2. The van der Waals surface area contributed by atoms with Crippen molar-refractivity contribution in [3.8, 4) is 0 Å². The summed E-state index contributed by atoms with van der Waals surface area (Å²) in [7, 11) is 0. The summed E-state index contributed by atoms with van der Waals surface area (Å²) in [5.41, 5.74) is 0.777. The van der Waals surface area contributed by atoms with Gasteiger partial charge in [0, 0.05) is 19.3 Å². The molecule has 1 atom stereocenters. The first kappa shape index (κ1) is 14.3. The summed E-state index contributed by atoms with van der Waals surface area (Å²) in [5.74, 6) is -0.826. The standard InChI is InChI=1S/C14H19N3O3/c1-3-14(12(18)19)4-5-17(9-14)13(20)16-11-6-10(2)7-15-8-11/h6-8H,3-5,9H2,1-2H3,(H,16,20)(H,18,19). The van der Waals surface area contributed by atoms with Crippen LogP contribution in [0.3, 0.4) is 0 Å². The van der Waals surface area contributed by atoms with Gasteiger partial charge in [0.05, 0.1) is 17.3 Å². The van der Waals surface area contributed by atoms with Crippen molar-refractivity contribution in [2.45, 2.75) is 26.7 Å². The molecule has 0 aliphatic carbocycles. The molecule has 1 fully saturated rings. The smallest absolute Gasteiger partial charge is 0.321 e. The molecule has 1 unspecified atom stereocenters. The van der Waals surface area contributed by atoms with Gasteiger partial charge in [-0.3, -0.25) is 9.78 Å². The van der Waals surface area contributed by atoms with Gasteiger partial charge in [-0.1, -0.05) is 6.92 Å². The van der Waals surface area contributed by atoms with Crippen molar-refractivity contribution in [2.75, 3.05) is 18.4 Å². The van der Waals surface area contributed by atoms with E-state index in [1.165, 1.54) is 0 Å². The van der Waals surface area contributed by atoms with Crippen molar-refractivity contribution in [1.82, 2.24) is 9.88 Å². The summed E-state index contributed by atoms with van der Waals surface area (Å²) in [5, 5.41) is 12.1. The van der Waals surface area contributed by atoms with Crippen molar-refractivity contribution in [3.63, 3.8) is 0 Å². The Morgan fingerprint density at radius 3 is 2.80 bits per heavy atom. The van der Waals surface area contributed by atoms with E-state index in [1.807, 2.05) is 19.9 Å². The van der Waals surface area contributed by atoms with E-state index in [4.69, 9.17) is 0 Å². The predicted molar refractivity (Wildman–Crippen MR) is 74.5 cm³/mol. The summed E-state index contributed by atoms with van der Waals surface area (Å²) in [6, 6.07) is 1.56. The second-order valence-electron chi connectivity index (χ2n) is 5.29. The normalized spacial score (nSPS) is 21.8. The van der Waals surface area contributed by atoms with Gasteiger partial charge < -0.3 is 15.3 Å². The molecule has 0 saturated carbocycles. The number of urea groups is 1. The molecule has 2 N–H and O–H groups in total. The van der Waals surface area contributed by atoms with Crippen LogP contribution in [0.5, 0.6) is 0 Å². The van der Waals surface area contributed by atoms with E-state index in [9.17, 15) is 14.7 Å². The largest absolute Gasteiger partial charge is 0.481 e. The van der Waals surface area contributed by atoms with E-state index in [-0.39, 0.29) is 12.6 Å². The zero-order valence-corrected chi connectivity index (χ0v) is 11.7. The fraction of sp³-hybridized carbons (Fsp3) is 0.500. The molecule has 1 aromatic heterocycles. The molecule has 1 aliphatic heterocycles. The van der Waals surface area contributed by atoms with Crippen LogP contribution in [0, 0.1) is 12.3 Å². The van der Waals surface area contributed by atoms with Crippen molar-refractivity contribution in [1.29, 1.82) is 0 Å². The second-order valence-corrected chi connectivity index (χ2v) is 5.29. The van der Waals surface area contributed by atoms with Crippen LogP contribution in [0.25, 0.3) is 0 Å². The molecule has 0 aromatic carbocycles. The number of aryl methyl sites for hydroxylation is 1. The average molecular weight is 277 g/mol. The van der Waals surface area contributed by atoms with Gasteiger partial charge in [0.2, 0.25) is 0 Å². The fourth-order valence-electron chi connectivity index (χ4n) is 2.49. The topological polar surface area (TPSA) is 82.5 Å². The van der Waals surface area contributed by atoms with Crippen molar-refractivity contribution in [2.24, 2.45) is 5.41 Å². The SMILES string of the molecule is CCC1(C(=O)O)CCN(C(=O)Nc2cncc(C)c2)C1. The number of anilines is 1. The molecule has 0 spiro atoms. The number of nitrogens with one attached hydrogen (secondary N) is 1. The van der Waals surface area contributed by atoms with Crippen LogP contribution in [-0.2, 0) is 4.79 Å². The Hall–Kier alpha value is -2.11. The molecule has 6 heteroatoms. The first-order chi connectivity index (χ1) is 9.47. The molecule has 108 valence electrons. The van der Waals surface area contributed by atoms with Crippen molar-refractivity contribution in [3.05, 3.63) is 24.0 Å². The fourth-order valence-corrected chi connectivity index (χ4v) is 2.49. The zero-order chi connectivity index (χ0) is 14.8. The van der Waals surface area contributed by atoms with Crippen LogP contribution in [0.2, 0.25) is 0 Å². The van der Waals surface area contributed by atoms with Gasteiger partial charge in [-0.25, -0.2) is 4.79 Å². The highest BCUT2D eigenvalue weighted by molar-refractivity contribution is 5.90. The molecule has 0 bridgehead atoms. The number of carbonyl (C=O) groups excluding carboxylic acids is 1. The minimum absolute atomic E-state index is 0.254. The molecular weight excluding hydrogens is 258 g/mol. The van der Waals surface area contributed by atoms with Crippen LogP contribution in [0.4, 0.5) is 10.5 Å². The van der Waals surface area contributed by atoms with E-state index >= 15 is 0 Å². The molecular formula is C14H19N3O3. The number of carboxylic acid groups (broad SMARTS) is 1. The van der Waals surface area contributed by atoms with Crippen LogP contribution in [0.15, 0.2) is 18.5 Å². The number of pyridine rings is 1. The minimum atomic E-state index is -0.826. The summed E-state index contributed by atoms with van der Waals surface area (Å²) in [6.07, 6.45) is 4.31. The van der Waals surface area contributed by atoms with E-state index in [2.05, 4.69) is 10.3 Å². The lowest BCUT2D eigenvalue weighted by Crippen LogP contribution is -2.38. The highest BCUT2D eigenvalue weighted by Gasteiger charge is 2.44. The Kier molecular flexibility index (Phi) is 3.92. The van der Waals surface area contributed by atoms with Crippen molar-refractivity contribution < 1.29 is 14.7 Å². The highest BCUT2D eigenvalue weighted by atomic mass is 16.4. The Labute approximate surface area is 117 Å². The quantitative estimate of drug-likeness (QED) is 0.886. The molecule has 2 amide bonds. The minimum Gasteiger partial charge on any atom is -0.481 e. The van der Waals surface area contributed by atoms with E-state index in [0.29, 0.717) is 25.1 Å². The summed E-state index contributed by atoms with van der Waals surface area (Å²) in [4.78, 5) is 29.1. The number of aliphatic carboxylic acids is 1. The number of carboxylic acids is 1. The maximum Gasteiger partial charge on any atom is 0.321 e. The van der Waals surface area contributed by atoms with Crippen LogP contribution in [0.1, 0.15) is 25.3 Å². The van der Waals surface area contributed by atoms with Gasteiger partial charge in [0.15, 0.2) is 0 Å². The maximum atomic E-state index is 12.1. The molecule has 2 rings (SSSR count). The third kappa shape index (κ3) is 2.74. The summed E-state index contributed by atoms with van der Waals surface area (Å²) < 4.78 is 0. The third-order valence-corrected chi connectivity index (χ3v) is 3.90. The molecule has 20 heavy (non-hydrogen) atoms. The first-order valence-electron chi connectivity index (χ1n) is 6.68. The van der Waals surface area contributed by atoms with E-state index < -0.39 is 11.4 Å². The van der Waals surface area contributed by atoms with Crippen LogP contribution >= 0.6 is 0 Å². The molecule has 1 saturated heterocycles. The lowest BCUT2D eigenvalue weighted by Gasteiger charge is -2.23. The van der Waals surface area contributed by atoms with Crippen LogP contribution < -0.4 is 5.32 Å². The van der Waals surface area contributed by atoms with E-state index in [1.54, 1.807) is 17.3 Å². The molecule has 2 heterocycles. The Morgan fingerprint density at radius 2 is 2.25 bits per heavy atom. The van der Waals surface area contributed by atoms with Crippen LogP contribution in [-0.4, -0.2) is 40.1 Å². The molecule has 0 radical (unpaired) electrons. The molecule has 1 aromatic rings. The number of amides is 2. The van der Waals surface area contributed by atoms with Gasteiger partial charge in [0.1, 0.15) is 0 Å². The van der Waals surface area contributed by atoms with Crippen molar-refractivity contribution >= 4 is 17.7 Å². The number of hydrogen-bond donors (Lipinski definition) is 2. The number of aromatic nitrogens is 1. The molecule has 6 nitrogen and oxygen atoms in total. The Bertz CT molecular complexity index is 532. The number of hydrogen-bond acceptors (Lipinski definition) is 3. The highest BCUT2D eigenvalue weighted by Crippen LogP contribution is 2.34. The number of nitrogens with zero attached hydrogens (tertiary/aromatic N) is 2. The summed E-state index contributed by atoms with van der Waals surface area (Å²) >= 11 is 0. The lowest BCUT2D eigenvalue weighted by molar-refractivity contribution is -0.148. The zero-order valence-electron chi connectivity index (χ0n) is 11.7. The first-order valence-corrected chi connectivity index (χ1v) is 6.68. The van der Waals surface area contributed by atoms with Gasteiger partial charge in [-0.2, -0.15) is 0 Å². The predicted octanol–water partition coefficient (Wildman–Crippen LogP) is 2.11. The Balaban J connectivity index is 2.03. The second kappa shape index (κ2) is 5.48. The van der Waals surface area contributed by atoms with Gasteiger partial charge >= 0.3 is 12.0 Å². The average Bonchev–Trinajstić information content (AvgIpc) is 2.84. The lowest BCUT2D eigenvalue weighted by atomic mass is 9.84. The molecule has 1 aliphatic rings. The number of rotatable bonds is 3. The summed E-state index contributed by atoms with van der Waals surface area (Å²) in [6.45, 7) is 4.46. The Morgan fingerprint density at radius 1 is 1.50 bits per heavy atom. The monoisotopic (exact) mass is 277 g/mol. The van der Waals surface area contributed by atoms with Gasteiger partial charge in [0.25, 0.3) is 0 Å². The van der Waals surface area contributed by atoms with Gasteiger partial charge in [-0.15, -0.1) is 0 Å². The third-order valence-electron chi connectivity index (χ3n) is 3.90. The van der Waals surface area contributed by atoms with Gasteiger partial charge in [-0.05, 0) is 31.4 Å². The van der Waals surface area contributed by atoms with E-state index in [0.717, 1.165) is 5.56 Å². The maximum absolute atomic E-state index is 12.1.